The summed E-state index contributed by atoms with van der Waals surface area (Å²) in [5, 5.41) is 9.30. The molecule has 0 radical (unpaired) electrons. The number of nitrogen functional groups attached to an aromatic ring is 1. The van der Waals surface area contributed by atoms with Crippen molar-refractivity contribution in [2.45, 2.75) is 0 Å². The van der Waals surface area contributed by atoms with Crippen LogP contribution in [0.1, 0.15) is 0 Å². The van der Waals surface area contributed by atoms with Gasteiger partial charge in [-0.25, -0.2) is 9.97 Å². The predicted molar refractivity (Wildman–Crippen MR) is 144 cm³/mol. The van der Waals surface area contributed by atoms with Gasteiger partial charge in [0.05, 0.1) is 11.2 Å². The molecule has 5 rings (SSSR count). The molecule has 11 heteroatoms. The molecule has 2 aromatic heterocycles. The Hall–Kier alpha value is -4.62. The van der Waals surface area contributed by atoms with E-state index in [9.17, 15) is 4.79 Å². The van der Waals surface area contributed by atoms with E-state index in [1.165, 1.54) is 0 Å². The van der Waals surface area contributed by atoms with Crippen molar-refractivity contribution in [3.63, 3.8) is 0 Å². The molecule has 0 spiro atoms. The Morgan fingerprint density at radius 3 is 2.32 bits per heavy atom. The normalized spacial score (nSPS) is 13.3. The van der Waals surface area contributed by atoms with Gasteiger partial charge < -0.3 is 25.0 Å². The number of halogens is 1. The number of ether oxygens (including phenoxy) is 2. The molecule has 1 aliphatic rings. The van der Waals surface area contributed by atoms with Crippen molar-refractivity contribution >= 4 is 40.3 Å². The first-order valence-corrected chi connectivity index (χ1v) is 12.3. The molecular formula is C27H24ClN7O3. The summed E-state index contributed by atoms with van der Waals surface area (Å²) in [4.78, 5) is 30.3. The van der Waals surface area contributed by atoms with E-state index in [4.69, 9.17) is 37.1 Å². The number of hydrogen-bond acceptors (Lipinski definition) is 9. The predicted octanol–water partition coefficient (Wildman–Crippen LogP) is 3.56. The highest BCUT2D eigenvalue weighted by atomic mass is 35.5. The van der Waals surface area contributed by atoms with E-state index in [1.807, 2.05) is 30.3 Å². The average Bonchev–Trinajstić information content (AvgIpc) is 2.95. The summed E-state index contributed by atoms with van der Waals surface area (Å²) < 4.78 is 10.9. The molecule has 192 valence electrons. The van der Waals surface area contributed by atoms with Gasteiger partial charge in [0.15, 0.2) is 19.0 Å². The number of amides is 1. The molecule has 1 amide bonds. The molecule has 2 aromatic carbocycles. The molecule has 1 saturated heterocycles. The lowest BCUT2D eigenvalue weighted by Crippen LogP contribution is -2.50. The highest BCUT2D eigenvalue weighted by molar-refractivity contribution is 6.30. The van der Waals surface area contributed by atoms with E-state index < -0.39 is 0 Å². The molecule has 0 saturated carbocycles. The molecule has 0 bridgehead atoms. The van der Waals surface area contributed by atoms with Gasteiger partial charge in [0.1, 0.15) is 23.1 Å². The number of rotatable bonds is 7. The molecule has 1 fully saturated rings. The van der Waals surface area contributed by atoms with Gasteiger partial charge in [-0.1, -0.05) is 11.6 Å². The standard InChI is InChI=1S/C27H24ClN7O3/c28-19-3-7-21(8-4-19)38-17-24(36)34-12-14-35(15-13-34)26-25-23(32-27(30)33-26)10-9-22(31-25)18-1-5-20(6-2-18)37-16-11-29/h1-10H,12-17H2,(H2,30,32,33). The molecule has 2 N–H and O–H groups in total. The summed E-state index contributed by atoms with van der Waals surface area (Å²) in [5.41, 5.74) is 8.91. The van der Waals surface area contributed by atoms with Crippen LogP contribution in [0.4, 0.5) is 11.8 Å². The van der Waals surface area contributed by atoms with Crippen LogP contribution in [0.2, 0.25) is 5.02 Å². The minimum Gasteiger partial charge on any atom is -0.484 e. The number of fused-ring (bicyclic) bond motifs is 1. The smallest absolute Gasteiger partial charge is 0.260 e. The lowest BCUT2D eigenvalue weighted by Gasteiger charge is -2.35. The average molecular weight is 530 g/mol. The number of benzene rings is 2. The van der Waals surface area contributed by atoms with E-state index in [-0.39, 0.29) is 25.1 Å². The number of pyridine rings is 1. The minimum absolute atomic E-state index is 0.00999. The molecule has 0 unspecified atom stereocenters. The Bertz CT molecular complexity index is 1480. The number of carbonyl (C=O) groups is 1. The number of nitrogens with two attached hydrogens (primary N) is 1. The van der Waals surface area contributed by atoms with Crippen LogP contribution in [-0.2, 0) is 4.79 Å². The number of piperazine rings is 1. The van der Waals surface area contributed by atoms with Gasteiger partial charge in [0.2, 0.25) is 5.95 Å². The molecule has 4 aromatic rings. The van der Waals surface area contributed by atoms with E-state index in [2.05, 4.69) is 14.9 Å². The Morgan fingerprint density at radius 1 is 0.921 bits per heavy atom. The van der Waals surface area contributed by atoms with Gasteiger partial charge in [-0.05, 0) is 60.7 Å². The van der Waals surface area contributed by atoms with Crippen LogP contribution < -0.4 is 20.1 Å². The fraction of sp³-hybridized carbons (Fsp3) is 0.222. The number of anilines is 2. The molecule has 0 aliphatic carbocycles. The first-order valence-electron chi connectivity index (χ1n) is 12.0. The molecule has 3 heterocycles. The second-order valence-corrected chi connectivity index (χ2v) is 8.99. The quantitative estimate of drug-likeness (QED) is 0.381. The van der Waals surface area contributed by atoms with Crippen molar-refractivity contribution < 1.29 is 14.3 Å². The summed E-state index contributed by atoms with van der Waals surface area (Å²) in [5.74, 6) is 1.91. The molecular weight excluding hydrogens is 506 g/mol. The Kier molecular flexibility index (Phi) is 7.38. The third-order valence-electron chi connectivity index (χ3n) is 6.10. The van der Waals surface area contributed by atoms with Gasteiger partial charge in [-0.2, -0.15) is 10.2 Å². The number of nitrogens with zero attached hydrogens (tertiary/aromatic N) is 6. The van der Waals surface area contributed by atoms with Crippen LogP contribution >= 0.6 is 11.6 Å². The number of carbonyl (C=O) groups excluding carboxylic acids is 1. The maximum atomic E-state index is 12.7. The third kappa shape index (κ3) is 5.68. The van der Waals surface area contributed by atoms with Gasteiger partial charge >= 0.3 is 0 Å². The van der Waals surface area contributed by atoms with Crippen molar-refractivity contribution in [1.82, 2.24) is 19.9 Å². The van der Waals surface area contributed by atoms with E-state index in [0.29, 0.717) is 59.6 Å². The fourth-order valence-corrected chi connectivity index (χ4v) is 4.30. The second kappa shape index (κ2) is 11.2. The highest BCUT2D eigenvalue weighted by Crippen LogP contribution is 2.28. The van der Waals surface area contributed by atoms with E-state index in [0.717, 1.165) is 11.3 Å². The molecule has 38 heavy (non-hydrogen) atoms. The second-order valence-electron chi connectivity index (χ2n) is 8.55. The van der Waals surface area contributed by atoms with Crippen molar-refractivity contribution in [1.29, 1.82) is 5.26 Å². The Labute approximate surface area is 224 Å². The lowest BCUT2D eigenvalue weighted by atomic mass is 10.1. The van der Waals surface area contributed by atoms with Gasteiger partial charge in [-0.3, -0.25) is 4.79 Å². The van der Waals surface area contributed by atoms with Crippen LogP contribution in [0, 0.1) is 11.3 Å². The Balaban J connectivity index is 1.29. The summed E-state index contributed by atoms with van der Waals surface area (Å²) in [6.07, 6.45) is 0. The summed E-state index contributed by atoms with van der Waals surface area (Å²) in [6, 6.07) is 20.0. The van der Waals surface area contributed by atoms with Gasteiger partial charge in [-0.15, -0.1) is 0 Å². The van der Waals surface area contributed by atoms with Crippen LogP contribution in [-0.4, -0.2) is 65.2 Å². The highest BCUT2D eigenvalue weighted by Gasteiger charge is 2.24. The van der Waals surface area contributed by atoms with E-state index in [1.54, 1.807) is 41.3 Å². The maximum absolute atomic E-state index is 12.7. The van der Waals surface area contributed by atoms with E-state index >= 15 is 0 Å². The van der Waals surface area contributed by atoms with Crippen LogP contribution in [0.25, 0.3) is 22.3 Å². The Morgan fingerprint density at radius 2 is 1.61 bits per heavy atom. The van der Waals surface area contributed by atoms with Crippen molar-refractivity contribution in [2.24, 2.45) is 0 Å². The van der Waals surface area contributed by atoms with Crippen LogP contribution in [0.3, 0.4) is 0 Å². The monoisotopic (exact) mass is 529 g/mol. The topological polar surface area (TPSA) is 130 Å². The SMILES string of the molecule is N#CCOc1ccc(-c2ccc3nc(N)nc(N4CCN(C(=O)COc5ccc(Cl)cc5)CC4)c3n2)cc1. The van der Waals surface area contributed by atoms with Gasteiger partial charge in [0.25, 0.3) is 5.91 Å². The first-order chi connectivity index (χ1) is 18.5. The molecule has 0 atom stereocenters. The summed E-state index contributed by atoms with van der Waals surface area (Å²) in [6.45, 7) is 2.10. The molecule has 1 aliphatic heterocycles. The zero-order valence-corrected chi connectivity index (χ0v) is 21.1. The van der Waals surface area contributed by atoms with Crippen molar-refractivity contribution in [3.05, 3.63) is 65.7 Å². The van der Waals surface area contributed by atoms with Crippen LogP contribution in [0.15, 0.2) is 60.7 Å². The maximum Gasteiger partial charge on any atom is 0.260 e. The lowest BCUT2D eigenvalue weighted by molar-refractivity contribution is -0.133. The third-order valence-corrected chi connectivity index (χ3v) is 6.35. The number of hydrogen-bond donors (Lipinski definition) is 1. The zero-order valence-electron chi connectivity index (χ0n) is 20.4. The van der Waals surface area contributed by atoms with Crippen molar-refractivity contribution in [3.8, 4) is 28.8 Å². The minimum atomic E-state index is -0.0886. The van der Waals surface area contributed by atoms with Crippen LogP contribution in [0.5, 0.6) is 11.5 Å². The number of aromatic nitrogens is 3. The first kappa shape index (κ1) is 25.0. The van der Waals surface area contributed by atoms with Crippen molar-refractivity contribution in [2.75, 3.05) is 50.0 Å². The molecule has 10 nitrogen and oxygen atoms in total. The fourth-order valence-electron chi connectivity index (χ4n) is 4.17. The summed E-state index contributed by atoms with van der Waals surface area (Å²) in [7, 11) is 0. The zero-order chi connectivity index (χ0) is 26.5. The van der Waals surface area contributed by atoms with Gasteiger partial charge in [0, 0.05) is 36.8 Å². The largest absolute Gasteiger partial charge is 0.484 e. The summed E-state index contributed by atoms with van der Waals surface area (Å²) >= 11 is 5.90. The number of nitriles is 1.